The average molecular weight is 450 g/mol. The van der Waals surface area contributed by atoms with Crippen molar-refractivity contribution in [2.24, 2.45) is 0 Å². The summed E-state index contributed by atoms with van der Waals surface area (Å²) in [6.07, 6.45) is -3.10. The van der Waals surface area contributed by atoms with Crippen LogP contribution >= 0.6 is 11.6 Å². The Hall–Kier alpha value is -2.49. The molecule has 0 atom stereocenters. The highest BCUT2D eigenvalue weighted by Crippen LogP contribution is 2.29. The molecular weight excluding hydrogens is 427 g/mol. The van der Waals surface area contributed by atoms with E-state index in [2.05, 4.69) is 11.9 Å². The Kier molecular flexibility index (Phi) is 9.91. The van der Waals surface area contributed by atoms with Gasteiger partial charge in [0.05, 0.1) is 38.2 Å². The van der Waals surface area contributed by atoms with Crippen molar-refractivity contribution < 1.29 is 37.3 Å². The maximum atomic E-state index is 12.7. The monoisotopic (exact) mass is 449 g/mol. The van der Waals surface area contributed by atoms with Crippen molar-refractivity contribution in [2.75, 3.05) is 27.4 Å². The van der Waals surface area contributed by atoms with E-state index in [0.717, 1.165) is 6.08 Å². The molecule has 0 saturated carbocycles. The van der Waals surface area contributed by atoms with Crippen LogP contribution in [0.5, 0.6) is 5.75 Å². The van der Waals surface area contributed by atoms with Gasteiger partial charge in [0, 0.05) is 23.3 Å². The molecule has 30 heavy (non-hydrogen) atoms. The highest BCUT2D eigenvalue weighted by molar-refractivity contribution is 6.31. The fourth-order valence-electron chi connectivity index (χ4n) is 2.21. The third kappa shape index (κ3) is 7.74. The van der Waals surface area contributed by atoms with Gasteiger partial charge in [0.2, 0.25) is 0 Å². The Morgan fingerprint density at radius 1 is 1.27 bits per heavy atom. The third-order valence-electron chi connectivity index (χ3n) is 3.72. The van der Waals surface area contributed by atoms with Gasteiger partial charge in [-0.15, -0.1) is 0 Å². The zero-order chi connectivity index (χ0) is 22.9. The molecule has 0 aromatic heterocycles. The van der Waals surface area contributed by atoms with Gasteiger partial charge < -0.3 is 24.6 Å². The number of ether oxygens (including phenoxy) is 3. The van der Waals surface area contributed by atoms with Crippen LogP contribution in [0.4, 0.5) is 13.2 Å². The fraction of sp³-hybridized carbons (Fsp3) is 0.350. The Morgan fingerprint density at radius 3 is 2.47 bits per heavy atom. The van der Waals surface area contributed by atoms with Crippen LogP contribution in [0.25, 0.3) is 0 Å². The molecule has 0 fully saturated rings. The number of carbonyl (C=O) groups is 1. The Bertz CT molecular complexity index is 830. The summed E-state index contributed by atoms with van der Waals surface area (Å²) in [5.41, 5.74) is -0.896. The first-order chi connectivity index (χ1) is 14.0. The molecule has 0 radical (unpaired) electrons. The topological polar surface area (TPSA) is 77.0 Å². The number of rotatable bonds is 10. The van der Waals surface area contributed by atoms with Crippen LogP contribution in [0, 0.1) is 0 Å². The predicted octanol–water partition coefficient (Wildman–Crippen LogP) is 4.71. The third-order valence-corrected chi connectivity index (χ3v) is 3.94. The second-order valence-electron chi connectivity index (χ2n) is 6.00. The number of methoxy groups -OCH3 is 2. The second kappa shape index (κ2) is 11.6. The van der Waals surface area contributed by atoms with Crippen molar-refractivity contribution >= 4 is 17.5 Å². The number of allylic oxidation sites excluding steroid dienone is 4. The molecule has 0 aliphatic rings. The normalized spacial score (nSPS) is 12.6. The lowest BCUT2D eigenvalue weighted by Crippen LogP contribution is -2.24. The Balaban J connectivity index is 3.13. The van der Waals surface area contributed by atoms with Gasteiger partial charge in [0.15, 0.2) is 0 Å². The summed E-state index contributed by atoms with van der Waals surface area (Å²) < 4.78 is 53.4. The van der Waals surface area contributed by atoms with Gasteiger partial charge in [-0.1, -0.05) is 18.2 Å². The van der Waals surface area contributed by atoms with Gasteiger partial charge in [-0.3, -0.25) is 4.79 Å². The molecule has 6 nitrogen and oxygen atoms in total. The summed E-state index contributed by atoms with van der Waals surface area (Å²) in [7, 11) is 2.87. The zero-order valence-electron chi connectivity index (χ0n) is 16.7. The molecule has 1 rings (SSSR count). The Labute approximate surface area is 177 Å². The van der Waals surface area contributed by atoms with E-state index in [1.807, 2.05) is 0 Å². The number of aliphatic hydroxyl groups excluding tert-OH is 1. The van der Waals surface area contributed by atoms with Gasteiger partial charge in [0.1, 0.15) is 11.5 Å². The van der Waals surface area contributed by atoms with Gasteiger partial charge in [-0.05, 0) is 31.2 Å². The minimum Gasteiger partial charge on any atom is -0.510 e. The maximum absolute atomic E-state index is 12.7. The highest BCUT2D eigenvalue weighted by Gasteiger charge is 2.30. The quantitative estimate of drug-likeness (QED) is 0.307. The van der Waals surface area contributed by atoms with E-state index in [1.165, 1.54) is 27.2 Å². The van der Waals surface area contributed by atoms with E-state index in [-0.39, 0.29) is 28.6 Å². The van der Waals surface area contributed by atoms with E-state index in [9.17, 15) is 23.1 Å². The number of benzene rings is 1. The van der Waals surface area contributed by atoms with Crippen LogP contribution in [-0.2, 0) is 16.1 Å². The molecule has 0 aliphatic carbocycles. The Morgan fingerprint density at radius 2 is 1.93 bits per heavy atom. The molecule has 1 aromatic carbocycles. The molecule has 0 heterocycles. The van der Waals surface area contributed by atoms with Crippen LogP contribution in [0.2, 0.25) is 5.02 Å². The van der Waals surface area contributed by atoms with Gasteiger partial charge in [-0.25, -0.2) is 0 Å². The summed E-state index contributed by atoms with van der Waals surface area (Å²) in [5.74, 6) is -0.982. The number of halogens is 4. The van der Waals surface area contributed by atoms with Crippen molar-refractivity contribution in [3.63, 3.8) is 0 Å². The minimum absolute atomic E-state index is 0.0112. The van der Waals surface area contributed by atoms with Crippen LogP contribution in [-0.4, -0.2) is 44.6 Å². The molecule has 0 aliphatic heterocycles. The molecule has 166 valence electrons. The lowest BCUT2D eigenvalue weighted by molar-refractivity contribution is -0.0878. The standard InChI is InChI=1S/C20H23ClF3NO5/c1-12(20(22,23)24)5-6-17(13(2)26)25-19(27)16-10-15(21)9-14(18(16)29-4)11-30-8-7-28-3/h5-6,9-10,26H,1,7-8,11H2,2-4H3,(H,25,27)/b6-5-,17-13-. The summed E-state index contributed by atoms with van der Waals surface area (Å²) in [5, 5.41) is 12.3. The number of hydrogen-bond donors (Lipinski definition) is 2. The molecule has 0 bridgehead atoms. The average Bonchev–Trinajstić information content (AvgIpc) is 2.66. The number of aliphatic hydroxyl groups is 1. The number of amides is 1. The summed E-state index contributed by atoms with van der Waals surface area (Å²) in [4.78, 5) is 12.7. The molecule has 1 amide bonds. The summed E-state index contributed by atoms with van der Waals surface area (Å²) in [6, 6.07) is 2.89. The van der Waals surface area contributed by atoms with Gasteiger partial charge >= 0.3 is 6.18 Å². The van der Waals surface area contributed by atoms with Gasteiger partial charge in [-0.2, -0.15) is 13.2 Å². The van der Waals surface area contributed by atoms with E-state index >= 15 is 0 Å². The first-order valence-electron chi connectivity index (χ1n) is 8.59. The largest absolute Gasteiger partial charge is 0.510 e. The van der Waals surface area contributed by atoms with Crippen LogP contribution < -0.4 is 10.1 Å². The number of alkyl halides is 3. The van der Waals surface area contributed by atoms with E-state index in [0.29, 0.717) is 24.9 Å². The van der Waals surface area contributed by atoms with E-state index < -0.39 is 23.4 Å². The van der Waals surface area contributed by atoms with Crippen molar-refractivity contribution in [3.05, 3.63) is 64.0 Å². The van der Waals surface area contributed by atoms with Crippen LogP contribution in [0.15, 0.2) is 47.9 Å². The van der Waals surface area contributed by atoms with Crippen LogP contribution in [0.3, 0.4) is 0 Å². The molecule has 1 aromatic rings. The molecular formula is C20H23ClF3NO5. The number of nitrogens with one attached hydrogen (secondary N) is 1. The summed E-state index contributed by atoms with van der Waals surface area (Å²) >= 11 is 6.09. The molecule has 0 spiro atoms. The predicted molar refractivity (Wildman–Crippen MR) is 107 cm³/mol. The second-order valence-corrected chi connectivity index (χ2v) is 6.44. The van der Waals surface area contributed by atoms with Crippen molar-refractivity contribution in [3.8, 4) is 5.75 Å². The maximum Gasteiger partial charge on any atom is 0.415 e. The van der Waals surface area contributed by atoms with Crippen molar-refractivity contribution in [1.82, 2.24) is 5.32 Å². The van der Waals surface area contributed by atoms with Crippen molar-refractivity contribution in [2.45, 2.75) is 19.7 Å². The van der Waals surface area contributed by atoms with Crippen molar-refractivity contribution in [1.29, 1.82) is 0 Å². The SMILES string of the molecule is C=C(/C=C\C(NC(=O)c1cc(Cl)cc(COCCOC)c1OC)=C(/C)O)C(F)(F)F. The first kappa shape index (κ1) is 25.5. The van der Waals surface area contributed by atoms with Gasteiger partial charge in [0.25, 0.3) is 5.91 Å². The summed E-state index contributed by atoms with van der Waals surface area (Å²) in [6.45, 7) is 4.86. The van der Waals surface area contributed by atoms with E-state index in [4.69, 9.17) is 25.8 Å². The fourth-order valence-corrected chi connectivity index (χ4v) is 2.45. The molecule has 10 heteroatoms. The first-order valence-corrected chi connectivity index (χ1v) is 8.97. The molecule has 2 N–H and O–H groups in total. The number of hydrogen-bond acceptors (Lipinski definition) is 5. The highest BCUT2D eigenvalue weighted by atomic mass is 35.5. The lowest BCUT2D eigenvalue weighted by atomic mass is 10.1. The molecule has 0 saturated heterocycles. The molecule has 0 unspecified atom stereocenters. The lowest BCUT2D eigenvalue weighted by Gasteiger charge is -2.15. The minimum atomic E-state index is -4.64. The zero-order valence-corrected chi connectivity index (χ0v) is 17.5. The van der Waals surface area contributed by atoms with E-state index in [1.54, 1.807) is 6.07 Å². The smallest absolute Gasteiger partial charge is 0.415 e. The van der Waals surface area contributed by atoms with Crippen LogP contribution in [0.1, 0.15) is 22.8 Å². The number of carbonyl (C=O) groups excluding carboxylic acids is 1.